The number of carbonyl (C=O) groups excluding carboxylic acids is 1. The van der Waals surface area contributed by atoms with E-state index in [0.29, 0.717) is 18.1 Å². The number of aromatic nitrogens is 2. The monoisotopic (exact) mass is 289 g/mol. The summed E-state index contributed by atoms with van der Waals surface area (Å²) in [5.74, 6) is 0.864. The number of fused-ring (bicyclic) bond motifs is 1. The number of hydrogen-bond acceptors (Lipinski definition) is 3. The molecule has 0 amide bonds. The zero-order chi connectivity index (χ0) is 14.8. The summed E-state index contributed by atoms with van der Waals surface area (Å²) in [6.07, 6.45) is 9.07. The van der Waals surface area contributed by atoms with Crippen LogP contribution in [0.15, 0.2) is 0 Å². The molecule has 0 aromatic carbocycles. The van der Waals surface area contributed by atoms with Crippen LogP contribution in [0.25, 0.3) is 0 Å². The van der Waals surface area contributed by atoms with Crippen molar-refractivity contribution in [2.24, 2.45) is 0 Å². The summed E-state index contributed by atoms with van der Waals surface area (Å²) in [7, 11) is 4.17. The Bertz CT molecular complexity index is 512. The second kappa shape index (κ2) is 6.30. The van der Waals surface area contributed by atoms with E-state index >= 15 is 0 Å². The van der Waals surface area contributed by atoms with Gasteiger partial charge in [-0.2, -0.15) is 5.10 Å². The van der Waals surface area contributed by atoms with Crippen LogP contribution in [0.4, 0.5) is 0 Å². The fourth-order valence-electron chi connectivity index (χ4n) is 3.76. The molecule has 4 nitrogen and oxygen atoms in total. The molecule has 1 fully saturated rings. The van der Waals surface area contributed by atoms with Crippen molar-refractivity contribution in [3.63, 3.8) is 0 Å². The predicted molar refractivity (Wildman–Crippen MR) is 83.9 cm³/mol. The second-order valence-electron chi connectivity index (χ2n) is 6.85. The van der Waals surface area contributed by atoms with Gasteiger partial charge in [0, 0.05) is 24.6 Å². The minimum atomic E-state index is 0.341. The zero-order valence-corrected chi connectivity index (χ0v) is 13.4. The maximum Gasteiger partial charge on any atom is 0.166 e. The average molecular weight is 289 g/mol. The molecule has 1 aromatic rings. The van der Waals surface area contributed by atoms with E-state index in [-0.39, 0.29) is 0 Å². The van der Waals surface area contributed by atoms with E-state index in [1.165, 1.54) is 37.8 Å². The lowest BCUT2D eigenvalue weighted by atomic mass is 9.82. The fraction of sp³-hybridized carbons (Fsp3) is 0.765. The minimum absolute atomic E-state index is 0.341. The Morgan fingerprint density at radius 2 is 1.90 bits per heavy atom. The van der Waals surface area contributed by atoms with Crippen LogP contribution in [0.5, 0.6) is 0 Å². The maximum absolute atomic E-state index is 12.4. The van der Waals surface area contributed by atoms with Crippen LogP contribution in [0.3, 0.4) is 0 Å². The first-order chi connectivity index (χ1) is 10.2. The quantitative estimate of drug-likeness (QED) is 0.855. The molecule has 1 aromatic heterocycles. The molecular formula is C17H27N3O. The smallest absolute Gasteiger partial charge is 0.166 e. The number of carbonyl (C=O) groups is 1. The molecule has 0 spiro atoms. The first-order valence-electron chi connectivity index (χ1n) is 8.44. The van der Waals surface area contributed by atoms with Crippen LogP contribution >= 0.6 is 0 Å². The Hall–Kier alpha value is -1.16. The molecular weight excluding hydrogens is 262 g/mol. The summed E-state index contributed by atoms with van der Waals surface area (Å²) in [5, 5.41) is 4.91. The zero-order valence-electron chi connectivity index (χ0n) is 13.4. The lowest BCUT2D eigenvalue weighted by Crippen LogP contribution is -2.21. The Labute approximate surface area is 127 Å². The van der Waals surface area contributed by atoms with Crippen LogP contribution in [0.1, 0.15) is 72.6 Å². The molecule has 0 N–H and O–H groups in total. The fourth-order valence-corrected chi connectivity index (χ4v) is 3.76. The molecule has 0 aliphatic heterocycles. The van der Waals surface area contributed by atoms with Gasteiger partial charge in [0.25, 0.3) is 0 Å². The Morgan fingerprint density at radius 1 is 1.14 bits per heavy atom. The molecule has 2 aliphatic carbocycles. The molecule has 116 valence electrons. The summed E-state index contributed by atoms with van der Waals surface area (Å²) < 4.78 is 2.14. The summed E-state index contributed by atoms with van der Waals surface area (Å²) in [6, 6.07) is 0. The van der Waals surface area contributed by atoms with E-state index in [1.54, 1.807) is 0 Å². The molecule has 0 radical (unpaired) electrons. The van der Waals surface area contributed by atoms with Gasteiger partial charge in [-0.15, -0.1) is 0 Å². The Morgan fingerprint density at radius 3 is 2.62 bits per heavy atom. The van der Waals surface area contributed by atoms with Gasteiger partial charge in [-0.25, -0.2) is 0 Å². The van der Waals surface area contributed by atoms with Crippen LogP contribution in [0, 0.1) is 0 Å². The van der Waals surface area contributed by atoms with Crippen molar-refractivity contribution in [2.45, 2.75) is 63.8 Å². The summed E-state index contributed by atoms with van der Waals surface area (Å²) in [6.45, 7) is 1.88. The molecule has 1 heterocycles. The second-order valence-corrected chi connectivity index (χ2v) is 6.85. The summed E-state index contributed by atoms with van der Waals surface area (Å²) in [5.41, 5.74) is 3.36. The Kier molecular flexibility index (Phi) is 4.43. The Balaban J connectivity index is 1.92. The van der Waals surface area contributed by atoms with E-state index < -0.39 is 0 Å². The molecule has 0 unspecified atom stereocenters. The topological polar surface area (TPSA) is 38.1 Å². The van der Waals surface area contributed by atoms with Gasteiger partial charge in [0.2, 0.25) is 0 Å². The van der Waals surface area contributed by atoms with Gasteiger partial charge in [0.15, 0.2) is 5.78 Å². The molecule has 4 heteroatoms. The molecule has 1 saturated carbocycles. The largest absolute Gasteiger partial charge is 0.308 e. The van der Waals surface area contributed by atoms with Gasteiger partial charge < -0.3 is 4.90 Å². The van der Waals surface area contributed by atoms with Crippen molar-refractivity contribution >= 4 is 5.78 Å². The maximum atomic E-state index is 12.4. The van der Waals surface area contributed by atoms with E-state index in [4.69, 9.17) is 5.10 Å². The highest BCUT2D eigenvalue weighted by Crippen LogP contribution is 2.37. The molecule has 0 bridgehead atoms. The van der Waals surface area contributed by atoms with Gasteiger partial charge in [-0.05, 0) is 39.8 Å². The van der Waals surface area contributed by atoms with Crippen LogP contribution in [-0.2, 0) is 13.0 Å². The highest BCUT2D eigenvalue weighted by molar-refractivity contribution is 5.99. The van der Waals surface area contributed by atoms with Crippen LogP contribution in [0.2, 0.25) is 0 Å². The van der Waals surface area contributed by atoms with Gasteiger partial charge in [-0.3, -0.25) is 9.48 Å². The predicted octanol–water partition coefficient (Wildman–Crippen LogP) is 3.01. The van der Waals surface area contributed by atoms with Gasteiger partial charge >= 0.3 is 0 Å². The van der Waals surface area contributed by atoms with Gasteiger partial charge in [0.05, 0.1) is 17.8 Å². The summed E-state index contributed by atoms with van der Waals surface area (Å²) in [4.78, 5) is 14.6. The molecule has 2 aliphatic rings. The lowest BCUT2D eigenvalue weighted by molar-refractivity contribution is 0.0970. The van der Waals surface area contributed by atoms with E-state index in [0.717, 1.165) is 37.2 Å². The van der Waals surface area contributed by atoms with E-state index in [1.807, 2.05) is 0 Å². The number of likely N-dealkylation sites (N-methyl/N-ethyl adjacent to an activating group) is 1. The number of ketones is 1. The van der Waals surface area contributed by atoms with Crippen molar-refractivity contribution in [3.8, 4) is 0 Å². The standard InChI is InChI=1S/C17H27N3O/c1-19(2)11-12-20-14-9-6-10-15(21)16(14)17(18-20)13-7-4-3-5-8-13/h13H,3-12H2,1-2H3. The number of rotatable bonds is 4. The van der Waals surface area contributed by atoms with Gasteiger partial charge in [-0.1, -0.05) is 19.3 Å². The molecule has 3 rings (SSSR count). The SMILES string of the molecule is CN(C)CCn1nc(C2CCCCC2)c2c1CCCC2=O. The number of hydrogen-bond donors (Lipinski definition) is 0. The van der Waals surface area contributed by atoms with Crippen molar-refractivity contribution in [1.82, 2.24) is 14.7 Å². The first-order valence-corrected chi connectivity index (χ1v) is 8.44. The van der Waals surface area contributed by atoms with Crippen LogP contribution < -0.4 is 0 Å². The van der Waals surface area contributed by atoms with Crippen molar-refractivity contribution in [1.29, 1.82) is 0 Å². The first kappa shape index (κ1) is 14.8. The van der Waals surface area contributed by atoms with Crippen molar-refractivity contribution in [3.05, 3.63) is 17.0 Å². The molecule has 0 saturated heterocycles. The third-order valence-corrected chi connectivity index (χ3v) is 4.93. The highest BCUT2D eigenvalue weighted by Gasteiger charge is 2.31. The average Bonchev–Trinajstić information content (AvgIpc) is 2.86. The summed E-state index contributed by atoms with van der Waals surface area (Å²) >= 11 is 0. The number of Topliss-reactive ketones (excluding diaryl/α,β-unsaturated/α-hetero) is 1. The van der Waals surface area contributed by atoms with Crippen molar-refractivity contribution in [2.75, 3.05) is 20.6 Å². The van der Waals surface area contributed by atoms with E-state index in [2.05, 4.69) is 23.7 Å². The lowest BCUT2D eigenvalue weighted by Gasteiger charge is -2.21. The highest BCUT2D eigenvalue weighted by atomic mass is 16.1. The normalized spacial score (nSPS) is 20.0. The van der Waals surface area contributed by atoms with Gasteiger partial charge in [0.1, 0.15) is 0 Å². The third kappa shape index (κ3) is 3.05. The number of nitrogens with zero attached hydrogens (tertiary/aromatic N) is 3. The molecule has 21 heavy (non-hydrogen) atoms. The third-order valence-electron chi connectivity index (χ3n) is 4.93. The van der Waals surface area contributed by atoms with E-state index in [9.17, 15) is 4.79 Å². The van der Waals surface area contributed by atoms with Crippen LogP contribution in [-0.4, -0.2) is 41.1 Å². The van der Waals surface area contributed by atoms with Crippen molar-refractivity contribution < 1.29 is 4.79 Å². The molecule has 0 atom stereocenters. The minimum Gasteiger partial charge on any atom is -0.308 e.